The standard InChI is InChI=1S/C16H21N3O/c1-2-3-9-18-16(20)15-14-12(8-10-17-15)11-6-4-5-7-13(11)19-14/h4-7,15,17,19H,2-3,8-10H2,1H3,(H,18,20). The molecule has 0 aliphatic carbocycles. The number of aromatic amines is 1. The highest BCUT2D eigenvalue weighted by atomic mass is 16.2. The first-order chi connectivity index (χ1) is 9.81. The molecule has 1 aliphatic heterocycles. The summed E-state index contributed by atoms with van der Waals surface area (Å²) in [5.74, 6) is 0.0750. The number of carbonyl (C=O) groups excluding carboxylic acids is 1. The first-order valence-electron chi connectivity index (χ1n) is 7.42. The number of hydrogen-bond donors (Lipinski definition) is 3. The zero-order valence-electron chi connectivity index (χ0n) is 11.8. The van der Waals surface area contributed by atoms with Gasteiger partial charge in [0.05, 0.1) is 0 Å². The van der Waals surface area contributed by atoms with Crippen LogP contribution < -0.4 is 10.6 Å². The number of unbranched alkanes of at least 4 members (excludes halogenated alkanes) is 1. The lowest BCUT2D eigenvalue weighted by Gasteiger charge is -2.23. The molecule has 0 saturated heterocycles. The van der Waals surface area contributed by atoms with Crippen LogP contribution in [0.15, 0.2) is 24.3 Å². The van der Waals surface area contributed by atoms with Gasteiger partial charge in [0, 0.05) is 29.7 Å². The third-order valence-corrected chi connectivity index (χ3v) is 3.95. The lowest BCUT2D eigenvalue weighted by atomic mass is 9.99. The molecular formula is C16H21N3O. The number of nitrogens with one attached hydrogen (secondary N) is 3. The third kappa shape index (κ3) is 2.31. The molecular weight excluding hydrogens is 250 g/mol. The van der Waals surface area contributed by atoms with E-state index >= 15 is 0 Å². The molecule has 106 valence electrons. The Morgan fingerprint density at radius 3 is 3.10 bits per heavy atom. The molecule has 1 aromatic heterocycles. The van der Waals surface area contributed by atoms with Crippen molar-refractivity contribution < 1.29 is 4.79 Å². The molecule has 1 amide bonds. The summed E-state index contributed by atoms with van der Waals surface area (Å²) in [6.07, 6.45) is 3.09. The smallest absolute Gasteiger partial charge is 0.243 e. The van der Waals surface area contributed by atoms with Gasteiger partial charge in [-0.3, -0.25) is 4.79 Å². The lowest BCUT2D eigenvalue weighted by molar-refractivity contribution is -0.123. The monoisotopic (exact) mass is 271 g/mol. The number of carbonyl (C=O) groups is 1. The summed E-state index contributed by atoms with van der Waals surface area (Å²) in [6.45, 7) is 3.73. The van der Waals surface area contributed by atoms with Crippen LogP contribution in [0.3, 0.4) is 0 Å². The fraction of sp³-hybridized carbons (Fsp3) is 0.438. The van der Waals surface area contributed by atoms with Gasteiger partial charge in [0.2, 0.25) is 5.91 Å². The van der Waals surface area contributed by atoms with Crippen LogP contribution in [0.25, 0.3) is 10.9 Å². The molecule has 2 aromatic rings. The summed E-state index contributed by atoms with van der Waals surface area (Å²) in [5, 5.41) is 7.58. The maximum Gasteiger partial charge on any atom is 0.243 e. The quantitative estimate of drug-likeness (QED) is 0.747. The van der Waals surface area contributed by atoms with E-state index in [1.165, 1.54) is 10.9 Å². The maximum absolute atomic E-state index is 12.3. The summed E-state index contributed by atoms with van der Waals surface area (Å²) in [4.78, 5) is 15.7. The number of amides is 1. The van der Waals surface area contributed by atoms with Gasteiger partial charge in [-0.2, -0.15) is 0 Å². The predicted molar refractivity (Wildman–Crippen MR) is 80.7 cm³/mol. The number of rotatable bonds is 4. The van der Waals surface area contributed by atoms with Gasteiger partial charge in [-0.15, -0.1) is 0 Å². The Morgan fingerprint density at radius 2 is 2.25 bits per heavy atom. The van der Waals surface area contributed by atoms with Crippen LogP contribution in [0.1, 0.15) is 37.1 Å². The first kappa shape index (κ1) is 13.2. The van der Waals surface area contributed by atoms with E-state index in [-0.39, 0.29) is 11.9 Å². The van der Waals surface area contributed by atoms with E-state index < -0.39 is 0 Å². The minimum absolute atomic E-state index is 0.0750. The lowest BCUT2D eigenvalue weighted by Crippen LogP contribution is -2.41. The summed E-state index contributed by atoms with van der Waals surface area (Å²) in [6, 6.07) is 8.02. The average molecular weight is 271 g/mol. The van der Waals surface area contributed by atoms with E-state index in [1.807, 2.05) is 6.07 Å². The number of H-pyrrole nitrogens is 1. The van der Waals surface area contributed by atoms with E-state index in [2.05, 4.69) is 40.7 Å². The first-order valence-corrected chi connectivity index (χ1v) is 7.42. The van der Waals surface area contributed by atoms with Crippen LogP contribution in [-0.2, 0) is 11.2 Å². The highest BCUT2D eigenvalue weighted by Crippen LogP contribution is 2.29. The Kier molecular flexibility index (Phi) is 3.74. The average Bonchev–Trinajstić information content (AvgIpc) is 2.86. The van der Waals surface area contributed by atoms with Crippen LogP contribution in [0.5, 0.6) is 0 Å². The van der Waals surface area contributed by atoms with Crippen LogP contribution in [0.2, 0.25) is 0 Å². The van der Waals surface area contributed by atoms with Crippen molar-refractivity contribution in [3.05, 3.63) is 35.5 Å². The Morgan fingerprint density at radius 1 is 1.40 bits per heavy atom. The van der Waals surface area contributed by atoms with Gasteiger partial charge in [0.15, 0.2) is 0 Å². The molecule has 3 rings (SSSR count). The molecule has 20 heavy (non-hydrogen) atoms. The van der Waals surface area contributed by atoms with Crippen molar-refractivity contribution in [3.8, 4) is 0 Å². The number of para-hydroxylation sites is 1. The van der Waals surface area contributed by atoms with Gasteiger partial charge in [0.25, 0.3) is 0 Å². The Bertz CT molecular complexity index is 617. The van der Waals surface area contributed by atoms with Crippen molar-refractivity contribution in [2.45, 2.75) is 32.2 Å². The fourth-order valence-electron chi connectivity index (χ4n) is 2.89. The Hall–Kier alpha value is -1.81. The summed E-state index contributed by atoms with van der Waals surface area (Å²) in [5.41, 5.74) is 3.44. The van der Waals surface area contributed by atoms with E-state index in [9.17, 15) is 4.79 Å². The predicted octanol–water partition coefficient (Wildman–Crippen LogP) is 2.27. The SMILES string of the molecule is CCCCNC(=O)C1NCCc2c1[nH]c1ccccc21. The molecule has 2 heterocycles. The van der Waals surface area contributed by atoms with Crippen molar-refractivity contribution in [1.82, 2.24) is 15.6 Å². The second kappa shape index (κ2) is 5.67. The second-order valence-corrected chi connectivity index (χ2v) is 5.34. The topological polar surface area (TPSA) is 56.9 Å². The molecule has 0 saturated carbocycles. The maximum atomic E-state index is 12.3. The van der Waals surface area contributed by atoms with Gasteiger partial charge >= 0.3 is 0 Å². The van der Waals surface area contributed by atoms with E-state index in [0.717, 1.165) is 43.6 Å². The van der Waals surface area contributed by atoms with Crippen molar-refractivity contribution >= 4 is 16.8 Å². The van der Waals surface area contributed by atoms with Gasteiger partial charge < -0.3 is 15.6 Å². The van der Waals surface area contributed by atoms with Crippen LogP contribution in [0, 0.1) is 0 Å². The molecule has 0 bridgehead atoms. The molecule has 1 aromatic carbocycles. The molecule has 1 atom stereocenters. The highest BCUT2D eigenvalue weighted by molar-refractivity contribution is 5.90. The molecule has 4 heteroatoms. The van der Waals surface area contributed by atoms with E-state index in [4.69, 9.17) is 0 Å². The number of hydrogen-bond acceptors (Lipinski definition) is 2. The largest absolute Gasteiger partial charge is 0.356 e. The van der Waals surface area contributed by atoms with Gasteiger partial charge in [-0.05, 0) is 24.5 Å². The molecule has 1 unspecified atom stereocenters. The minimum atomic E-state index is -0.247. The van der Waals surface area contributed by atoms with Crippen molar-refractivity contribution in [3.63, 3.8) is 0 Å². The Balaban J connectivity index is 1.88. The normalized spacial score (nSPS) is 17.9. The molecule has 3 N–H and O–H groups in total. The zero-order valence-corrected chi connectivity index (χ0v) is 11.8. The van der Waals surface area contributed by atoms with Gasteiger partial charge in [0.1, 0.15) is 6.04 Å². The summed E-state index contributed by atoms with van der Waals surface area (Å²) >= 11 is 0. The van der Waals surface area contributed by atoms with E-state index in [1.54, 1.807) is 0 Å². The molecule has 4 nitrogen and oxygen atoms in total. The Labute approximate surface area is 118 Å². The van der Waals surface area contributed by atoms with Gasteiger partial charge in [-0.25, -0.2) is 0 Å². The second-order valence-electron chi connectivity index (χ2n) is 5.34. The third-order valence-electron chi connectivity index (χ3n) is 3.95. The van der Waals surface area contributed by atoms with Crippen molar-refractivity contribution in [2.75, 3.05) is 13.1 Å². The molecule has 1 aliphatic rings. The number of benzene rings is 1. The molecule has 0 radical (unpaired) electrons. The highest BCUT2D eigenvalue weighted by Gasteiger charge is 2.28. The molecule has 0 fully saturated rings. The van der Waals surface area contributed by atoms with Crippen molar-refractivity contribution in [2.24, 2.45) is 0 Å². The number of fused-ring (bicyclic) bond motifs is 3. The molecule has 0 spiro atoms. The minimum Gasteiger partial charge on any atom is -0.356 e. The van der Waals surface area contributed by atoms with Crippen LogP contribution >= 0.6 is 0 Å². The zero-order chi connectivity index (χ0) is 13.9. The van der Waals surface area contributed by atoms with E-state index in [0.29, 0.717) is 0 Å². The van der Waals surface area contributed by atoms with Gasteiger partial charge in [-0.1, -0.05) is 31.5 Å². The summed E-state index contributed by atoms with van der Waals surface area (Å²) < 4.78 is 0. The van der Waals surface area contributed by atoms with Crippen LogP contribution in [-0.4, -0.2) is 24.0 Å². The summed E-state index contributed by atoms with van der Waals surface area (Å²) in [7, 11) is 0. The fourth-order valence-corrected chi connectivity index (χ4v) is 2.89. The van der Waals surface area contributed by atoms with Crippen molar-refractivity contribution in [1.29, 1.82) is 0 Å². The number of aromatic nitrogens is 1. The van der Waals surface area contributed by atoms with Crippen LogP contribution in [0.4, 0.5) is 0 Å².